The highest BCUT2D eigenvalue weighted by molar-refractivity contribution is 8.00. The van der Waals surface area contributed by atoms with Crippen LogP contribution in [-0.2, 0) is 4.79 Å². The number of hydrogen-bond donors (Lipinski definition) is 0. The number of para-hydroxylation sites is 1. The molecule has 8 heteroatoms. The number of aromatic nitrogens is 4. The lowest BCUT2D eigenvalue weighted by Crippen LogP contribution is -2.33. The predicted molar refractivity (Wildman–Crippen MR) is 105 cm³/mol. The van der Waals surface area contributed by atoms with Crippen LogP contribution in [0.2, 0.25) is 0 Å². The molecule has 1 aliphatic heterocycles. The van der Waals surface area contributed by atoms with E-state index in [2.05, 4.69) is 28.5 Å². The van der Waals surface area contributed by atoms with Gasteiger partial charge in [-0.25, -0.2) is 4.68 Å². The second-order valence-electron chi connectivity index (χ2n) is 6.86. The number of carbonyl (C=O) groups is 1. The Hall–Kier alpha value is -1.54. The lowest BCUT2D eigenvalue weighted by molar-refractivity contribution is -0.116. The smallest absolute Gasteiger partial charge is 0.237 e. The highest BCUT2D eigenvalue weighted by Gasteiger charge is 2.26. The van der Waals surface area contributed by atoms with E-state index in [4.69, 9.17) is 0 Å². The Bertz CT molecular complexity index is 774. The minimum absolute atomic E-state index is 0.123. The number of anilines is 1. The number of hydrogen-bond acceptors (Lipinski definition) is 6. The zero-order valence-electron chi connectivity index (χ0n) is 14.9. The van der Waals surface area contributed by atoms with E-state index in [0.29, 0.717) is 17.0 Å². The van der Waals surface area contributed by atoms with Gasteiger partial charge in [-0.15, -0.1) is 16.9 Å². The Morgan fingerprint density at radius 1 is 1.27 bits per heavy atom. The number of benzene rings is 1. The third kappa shape index (κ3) is 3.76. The van der Waals surface area contributed by atoms with E-state index < -0.39 is 0 Å². The van der Waals surface area contributed by atoms with Crippen molar-refractivity contribution in [3.8, 4) is 0 Å². The Morgan fingerprint density at radius 2 is 2.08 bits per heavy atom. The van der Waals surface area contributed by atoms with Gasteiger partial charge in [0.15, 0.2) is 0 Å². The van der Waals surface area contributed by atoms with Gasteiger partial charge in [-0.2, -0.15) is 0 Å². The fourth-order valence-electron chi connectivity index (χ4n) is 3.61. The molecule has 26 heavy (non-hydrogen) atoms. The molecule has 0 spiro atoms. The van der Waals surface area contributed by atoms with Crippen molar-refractivity contribution in [1.29, 1.82) is 0 Å². The first-order valence-corrected chi connectivity index (χ1v) is 11.1. The van der Waals surface area contributed by atoms with E-state index in [-0.39, 0.29) is 5.91 Å². The average Bonchev–Trinajstić information content (AvgIpc) is 3.29. The molecule has 1 saturated carbocycles. The van der Waals surface area contributed by atoms with Gasteiger partial charge in [0.1, 0.15) is 0 Å². The number of nitrogens with zero attached hydrogens (tertiary/aromatic N) is 5. The van der Waals surface area contributed by atoms with E-state index in [0.717, 1.165) is 36.7 Å². The number of carbonyl (C=O) groups excluding carboxylic acids is 1. The topological polar surface area (TPSA) is 63.9 Å². The number of fused-ring (bicyclic) bond motifs is 1. The van der Waals surface area contributed by atoms with Crippen LogP contribution in [-0.4, -0.2) is 43.7 Å². The summed E-state index contributed by atoms with van der Waals surface area (Å²) in [7, 11) is 0. The number of thioether (sulfide) groups is 2. The largest absolute Gasteiger partial charge is 0.311 e. The molecule has 1 aromatic carbocycles. The Kier molecular flexibility index (Phi) is 5.49. The van der Waals surface area contributed by atoms with Crippen molar-refractivity contribution in [2.24, 2.45) is 0 Å². The van der Waals surface area contributed by atoms with E-state index >= 15 is 0 Å². The van der Waals surface area contributed by atoms with Gasteiger partial charge >= 0.3 is 0 Å². The van der Waals surface area contributed by atoms with Crippen molar-refractivity contribution in [3.63, 3.8) is 0 Å². The number of rotatable bonds is 4. The van der Waals surface area contributed by atoms with Crippen LogP contribution in [0.25, 0.3) is 0 Å². The fourth-order valence-corrected chi connectivity index (χ4v) is 5.54. The Morgan fingerprint density at radius 3 is 2.92 bits per heavy atom. The van der Waals surface area contributed by atoms with E-state index in [1.807, 2.05) is 39.5 Å². The molecular formula is C18H23N5OS2. The van der Waals surface area contributed by atoms with Gasteiger partial charge in [-0.1, -0.05) is 43.7 Å². The summed E-state index contributed by atoms with van der Waals surface area (Å²) < 4.78 is 1.92. The van der Waals surface area contributed by atoms with Crippen LogP contribution >= 0.6 is 23.5 Å². The van der Waals surface area contributed by atoms with Gasteiger partial charge < -0.3 is 4.90 Å². The van der Waals surface area contributed by atoms with Crippen LogP contribution in [0.3, 0.4) is 0 Å². The van der Waals surface area contributed by atoms with Crippen molar-refractivity contribution in [1.82, 2.24) is 20.2 Å². The summed E-state index contributed by atoms with van der Waals surface area (Å²) in [5, 5.41) is 13.4. The molecule has 0 radical (unpaired) electrons. The van der Waals surface area contributed by atoms with Crippen LogP contribution in [0.5, 0.6) is 0 Å². The molecule has 0 unspecified atom stereocenters. The molecule has 1 aromatic heterocycles. The molecule has 1 amide bonds. The lowest BCUT2D eigenvalue weighted by atomic mass is 10.2. The average molecular weight is 390 g/mol. The summed E-state index contributed by atoms with van der Waals surface area (Å²) in [6, 6.07) is 8.58. The van der Waals surface area contributed by atoms with Crippen LogP contribution in [0, 0.1) is 0 Å². The highest BCUT2D eigenvalue weighted by Crippen LogP contribution is 2.38. The molecule has 0 saturated heterocycles. The standard InChI is InChI=1S/C18H23N5OS2/c1-13-10-11-22(15-8-4-5-9-16(15)26-13)17(24)12-25-18-19-20-21-23(18)14-6-2-3-7-14/h4-5,8-9,13-14H,2-3,6-7,10-12H2,1H3/t13-/m0/s1. The SMILES string of the molecule is C[C@H]1CCN(C(=O)CSc2nnnn2C2CCCC2)c2ccccc2S1. The Labute approximate surface area is 162 Å². The zero-order valence-corrected chi connectivity index (χ0v) is 16.5. The summed E-state index contributed by atoms with van der Waals surface area (Å²) in [5.41, 5.74) is 1.03. The maximum absolute atomic E-state index is 13.0. The zero-order chi connectivity index (χ0) is 17.9. The molecule has 1 atom stereocenters. The maximum atomic E-state index is 13.0. The van der Waals surface area contributed by atoms with Crippen LogP contribution in [0.4, 0.5) is 5.69 Å². The molecule has 2 aliphatic rings. The van der Waals surface area contributed by atoms with Crippen molar-refractivity contribution < 1.29 is 4.79 Å². The summed E-state index contributed by atoms with van der Waals surface area (Å²) in [4.78, 5) is 16.1. The van der Waals surface area contributed by atoms with Gasteiger partial charge in [0, 0.05) is 16.7 Å². The minimum Gasteiger partial charge on any atom is -0.311 e. The first-order chi connectivity index (χ1) is 12.7. The molecular weight excluding hydrogens is 366 g/mol. The third-order valence-electron chi connectivity index (χ3n) is 5.00. The van der Waals surface area contributed by atoms with E-state index in [1.165, 1.54) is 29.5 Å². The van der Waals surface area contributed by atoms with E-state index in [1.54, 1.807) is 0 Å². The monoisotopic (exact) mass is 389 g/mol. The molecule has 2 aromatic rings. The first kappa shape index (κ1) is 17.9. The third-order valence-corrected chi connectivity index (χ3v) is 7.16. The molecule has 6 nitrogen and oxygen atoms in total. The lowest BCUT2D eigenvalue weighted by Gasteiger charge is -2.22. The highest BCUT2D eigenvalue weighted by atomic mass is 32.2. The maximum Gasteiger partial charge on any atom is 0.237 e. The minimum atomic E-state index is 0.123. The van der Waals surface area contributed by atoms with Gasteiger partial charge in [0.2, 0.25) is 11.1 Å². The van der Waals surface area contributed by atoms with Gasteiger partial charge in [-0.05, 0) is 41.8 Å². The van der Waals surface area contributed by atoms with Crippen molar-refractivity contribution in [2.45, 2.75) is 60.4 Å². The molecule has 0 bridgehead atoms. The van der Waals surface area contributed by atoms with Gasteiger partial charge in [-0.3, -0.25) is 4.79 Å². The number of amides is 1. The van der Waals surface area contributed by atoms with Crippen LogP contribution in [0.1, 0.15) is 45.1 Å². The summed E-state index contributed by atoms with van der Waals surface area (Å²) in [6.45, 7) is 2.98. The summed E-state index contributed by atoms with van der Waals surface area (Å²) in [5.74, 6) is 0.485. The molecule has 4 rings (SSSR count). The molecule has 1 aliphatic carbocycles. The molecule has 138 valence electrons. The summed E-state index contributed by atoms with van der Waals surface area (Å²) >= 11 is 3.31. The quantitative estimate of drug-likeness (QED) is 0.741. The second kappa shape index (κ2) is 8.00. The van der Waals surface area contributed by atoms with Crippen molar-refractivity contribution >= 4 is 35.1 Å². The normalized spacial score (nSPS) is 20.8. The fraction of sp³-hybridized carbons (Fsp3) is 0.556. The predicted octanol–water partition coefficient (Wildman–Crippen LogP) is 3.80. The Balaban J connectivity index is 1.46. The summed E-state index contributed by atoms with van der Waals surface area (Å²) in [6.07, 6.45) is 5.71. The molecule has 2 heterocycles. The van der Waals surface area contributed by atoms with Crippen molar-refractivity contribution in [3.05, 3.63) is 24.3 Å². The van der Waals surface area contributed by atoms with E-state index in [9.17, 15) is 4.79 Å². The molecule has 0 N–H and O–H groups in total. The second-order valence-corrected chi connectivity index (χ2v) is 9.29. The number of tetrazole rings is 1. The van der Waals surface area contributed by atoms with Crippen LogP contribution < -0.4 is 4.90 Å². The molecule has 1 fully saturated rings. The van der Waals surface area contributed by atoms with Crippen LogP contribution in [0.15, 0.2) is 34.3 Å². The van der Waals surface area contributed by atoms with Gasteiger partial charge in [0.05, 0.1) is 17.5 Å². The van der Waals surface area contributed by atoms with Crippen molar-refractivity contribution in [2.75, 3.05) is 17.2 Å². The van der Waals surface area contributed by atoms with Gasteiger partial charge in [0.25, 0.3) is 0 Å². The first-order valence-electron chi connectivity index (χ1n) is 9.19.